The maximum absolute atomic E-state index is 12.2. The first-order valence-electron chi connectivity index (χ1n) is 6.70. The Morgan fingerprint density at radius 2 is 2.37 bits per heavy atom. The Balaban J connectivity index is 2.07. The number of ether oxygens (including phenoxy) is 1. The molecule has 1 aliphatic rings. The molecule has 0 spiro atoms. The van der Waals surface area contributed by atoms with Gasteiger partial charge in [0.25, 0.3) is 0 Å². The molecule has 0 bridgehead atoms. The zero-order chi connectivity index (χ0) is 13.8. The van der Waals surface area contributed by atoms with E-state index in [9.17, 15) is 4.79 Å². The molecule has 0 aliphatic carbocycles. The van der Waals surface area contributed by atoms with E-state index in [1.165, 1.54) is 5.56 Å². The summed E-state index contributed by atoms with van der Waals surface area (Å²) in [5.74, 6) is 0. The highest BCUT2D eigenvalue weighted by atomic mass is 16.5. The van der Waals surface area contributed by atoms with Crippen LogP contribution in [0, 0.1) is 13.8 Å². The van der Waals surface area contributed by atoms with Crippen LogP contribution in [-0.4, -0.2) is 47.9 Å². The predicted molar refractivity (Wildman–Crippen MR) is 72.0 cm³/mol. The van der Waals surface area contributed by atoms with Gasteiger partial charge in [-0.25, -0.2) is 4.79 Å². The van der Waals surface area contributed by atoms with Crippen LogP contribution in [0.4, 0.5) is 4.79 Å². The molecule has 1 aliphatic heterocycles. The Kier molecular flexibility index (Phi) is 4.42. The number of rotatable bonds is 4. The second-order valence-corrected chi connectivity index (χ2v) is 4.92. The molecular formula is C13H22N4O2. The van der Waals surface area contributed by atoms with E-state index in [0.29, 0.717) is 13.2 Å². The largest absolute Gasteiger partial charge is 0.383 e. The quantitative estimate of drug-likeness (QED) is 0.812. The normalized spacial score (nSPS) is 18.9. The van der Waals surface area contributed by atoms with Crippen LogP contribution in [0.15, 0.2) is 0 Å². The van der Waals surface area contributed by atoms with Crippen LogP contribution < -0.4 is 5.32 Å². The van der Waals surface area contributed by atoms with E-state index in [-0.39, 0.29) is 12.1 Å². The molecule has 1 aromatic heterocycles. The number of aryl methyl sites for hydroxylation is 2. The van der Waals surface area contributed by atoms with Gasteiger partial charge in [-0.05, 0) is 26.7 Å². The van der Waals surface area contributed by atoms with Gasteiger partial charge in [0.15, 0.2) is 0 Å². The van der Waals surface area contributed by atoms with Crippen molar-refractivity contribution in [3.63, 3.8) is 0 Å². The number of amides is 2. The first-order chi connectivity index (χ1) is 9.15. The lowest BCUT2D eigenvalue weighted by Crippen LogP contribution is -2.40. The molecule has 0 aromatic carbocycles. The van der Waals surface area contributed by atoms with Crippen molar-refractivity contribution < 1.29 is 9.53 Å². The summed E-state index contributed by atoms with van der Waals surface area (Å²) < 4.78 is 4.94. The van der Waals surface area contributed by atoms with Crippen molar-refractivity contribution in [3.05, 3.63) is 17.0 Å². The number of methoxy groups -OCH3 is 1. The van der Waals surface area contributed by atoms with Gasteiger partial charge in [-0.3, -0.25) is 5.10 Å². The smallest absolute Gasteiger partial charge is 0.317 e. The molecule has 0 saturated carbocycles. The number of aromatic amines is 1. The number of H-pyrrole nitrogens is 1. The van der Waals surface area contributed by atoms with Crippen molar-refractivity contribution in [1.82, 2.24) is 20.4 Å². The minimum Gasteiger partial charge on any atom is -0.383 e. The van der Waals surface area contributed by atoms with Gasteiger partial charge in [0.2, 0.25) is 0 Å². The average Bonchev–Trinajstić information content (AvgIpc) is 2.96. The number of nitrogens with one attached hydrogen (secondary N) is 2. The molecule has 6 nitrogen and oxygen atoms in total. The van der Waals surface area contributed by atoms with E-state index < -0.39 is 0 Å². The van der Waals surface area contributed by atoms with Gasteiger partial charge in [0, 0.05) is 31.5 Å². The predicted octanol–water partition coefficient (Wildman–Crippen LogP) is 1.52. The standard InChI is InChI=1S/C13H22N4O2/c1-9-12(10(2)16-15-9)11-5-4-7-17(11)13(18)14-6-8-19-3/h11H,4-8H2,1-3H3,(H,14,18)(H,15,16)/t11-/m1/s1. The summed E-state index contributed by atoms with van der Waals surface area (Å²) in [6, 6.07) is 0.126. The molecule has 0 radical (unpaired) electrons. The van der Waals surface area contributed by atoms with E-state index in [0.717, 1.165) is 30.8 Å². The third-order valence-corrected chi connectivity index (χ3v) is 3.61. The van der Waals surface area contributed by atoms with Crippen molar-refractivity contribution in [2.45, 2.75) is 32.7 Å². The number of urea groups is 1. The molecule has 2 rings (SSSR count). The molecule has 6 heteroatoms. The van der Waals surface area contributed by atoms with Crippen LogP contribution in [0.3, 0.4) is 0 Å². The summed E-state index contributed by atoms with van der Waals surface area (Å²) in [4.78, 5) is 14.1. The molecule has 1 saturated heterocycles. The Labute approximate surface area is 113 Å². The van der Waals surface area contributed by atoms with Gasteiger partial charge < -0.3 is 15.0 Å². The monoisotopic (exact) mass is 266 g/mol. The topological polar surface area (TPSA) is 70.2 Å². The van der Waals surface area contributed by atoms with Gasteiger partial charge in [-0.2, -0.15) is 5.10 Å². The number of hydrogen-bond donors (Lipinski definition) is 2. The maximum atomic E-state index is 12.2. The molecular weight excluding hydrogens is 244 g/mol. The minimum absolute atomic E-state index is 0.0143. The Morgan fingerprint density at radius 1 is 1.58 bits per heavy atom. The van der Waals surface area contributed by atoms with Crippen LogP contribution in [0.1, 0.15) is 35.8 Å². The highest BCUT2D eigenvalue weighted by molar-refractivity contribution is 5.75. The summed E-state index contributed by atoms with van der Waals surface area (Å²) in [5, 5.41) is 10.1. The number of hydrogen-bond acceptors (Lipinski definition) is 3. The number of carbonyl (C=O) groups is 1. The van der Waals surface area contributed by atoms with E-state index in [1.807, 2.05) is 18.7 Å². The summed E-state index contributed by atoms with van der Waals surface area (Å²) >= 11 is 0. The van der Waals surface area contributed by atoms with Crippen LogP contribution in [0.25, 0.3) is 0 Å². The van der Waals surface area contributed by atoms with Gasteiger partial charge in [-0.15, -0.1) is 0 Å². The average molecular weight is 266 g/mol. The van der Waals surface area contributed by atoms with Crippen LogP contribution in [-0.2, 0) is 4.74 Å². The lowest BCUT2D eigenvalue weighted by molar-refractivity contribution is 0.176. The van der Waals surface area contributed by atoms with Gasteiger partial charge in [-0.1, -0.05) is 0 Å². The van der Waals surface area contributed by atoms with Crippen molar-refractivity contribution in [1.29, 1.82) is 0 Å². The van der Waals surface area contributed by atoms with Crippen LogP contribution in [0.5, 0.6) is 0 Å². The molecule has 1 atom stereocenters. The maximum Gasteiger partial charge on any atom is 0.317 e. The minimum atomic E-state index is -0.0143. The van der Waals surface area contributed by atoms with Crippen molar-refractivity contribution in [2.75, 3.05) is 26.8 Å². The molecule has 0 unspecified atom stereocenters. The fourth-order valence-corrected chi connectivity index (χ4v) is 2.72. The molecule has 2 amide bonds. The van der Waals surface area contributed by atoms with E-state index >= 15 is 0 Å². The molecule has 2 heterocycles. The van der Waals surface area contributed by atoms with E-state index in [2.05, 4.69) is 15.5 Å². The SMILES string of the molecule is COCCNC(=O)N1CCC[C@@H]1c1c(C)n[nH]c1C. The molecule has 1 fully saturated rings. The van der Waals surface area contributed by atoms with Crippen molar-refractivity contribution in [3.8, 4) is 0 Å². The number of likely N-dealkylation sites (tertiary alicyclic amines) is 1. The first kappa shape index (κ1) is 13.9. The third-order valence-electron chi connectivity index (χ3n) is 3.61. The Bertz CT molecular complexity index is 424. The fraction of sp³-hybridized carbons (Fsp3) is 0.692. The lowest BCUT2D eigenvalue weighted by atomic mass is 10.0. The van der Waals surface area contributed by atoms with Crippen molar-refractivity contribution >= 4 is 6.03 Å². The highest BCUT2D eigenvalue weighted by Crippen LogP contribution is 2.34. The molecule has 19 heavy (non-hydrogen) atoms. The highest BCUT2D eigenvalue weighted by Gasteiger charge is 2.32. The van der Waals surface area contributed by atoms with Crippen LogP contribution in [0.2, 0.25) is 0 Å². The summed E-state index contributed by atoms with van der Waals surface area (Å²) in [5.41, 5.74) is 3.21. The van der Waals surface area contributed by atoms with Gasteiger partial charge in [0.1, 0.15) is 0 Å². The molecule has 2 N–H and O–H groups in total. The third kappa shape index (κ3) is 2.89. The fourth-order valence-electron chi connectivity index (χ4n) is 2.72. The summed E-state index contributed by atoms with van der Waals surface area (Å²) in [7, 11) is 1.63. The van der Waals surface area contributed by atoms with E-state index in [4.69, 9.17) is 4.74 Å². The lowest BCUT2D eigenvalue weighted by Gasteiger charge is -2.25. The summed E-state index contributed by atoms with van der Waals surface area (Å²) in [6.07, 6.45) is 2.03. The number of aromatic nitrogens is 2. The Hall–Kier alpha value is -1.56. The van der Waals surface area contributed by atoms with Gasteiger partial charge in [0.05, 0.1) is 18.3 Å². The zero-order valence-corrected chi connectivity index (χ0v) is 11.8. The van der Waals surface area contributed by atoms with E-state index in [1.54, 1.807) is 7.11 Å². The summed E-state index contributed by atoms with van der Waals surface area (Å²) in [6.45, 7) is 5.87. The van der Waals surface area contributed by atoms with Gasteiger partial charge >= 0.3 is 6.03 Å². The number of carbonyl (C=O) groups excluding carboxylic acids is 1. The molecule has 1 aromatic rings. The second-order valence-electron chi connectivity index (χ2n) is 4.92. The number of nitrogens with zero attached hydrogens (tertiary/aromatic N) is 2. The Morgan fingerprint density at radius 3 is 3.00 bits per heavy atom. The molecule has 106 valence electrons. The zero-order valence-electron chi connectivity index (χ0n) is 11.8. The van der Waals surface area contributed by atoms with Crippen molar-refractivity contribution in [2.24, 2.45) is 0 Å². The van der Waals surface area contributed by atoms with Crippen LogP contribution >= 0.6 is 0 Å². The first-order valence-corrected chi connectivity index (χ1v) is 6.70. The second kappa shape index (κ2) is 6.06.